The van der Waals surface area contributed by atoms with Crippen LogP contribution in [0.15, 0.2) is 0 Å². The maximum atomic E-state index is 11.4. The van der Waals surface area contributed by atoms with Crippen LogP contribution < -0.4 is 11.5 Å². The van der Waals surface area contributed by atoms with Gasteiger partial charge in [0.1, 0.15) is 12.1 Å². The molecule has 0 heterocycles. The molecule has 0 aliphatic heterocycles. The van der Waals surface area contributed by atoms with Crippen molar-refractivity contribution >= 4 is 22.2 Å². The third-order valence-electron chi connectivity index (χ3n) is 8.48. The number of aliphatic hydroxyl groups is 2. The predicted molar refractivity (Wildman–Crippen MR) is 203 cm³/mol. The summed E-state index contributed by atoms with van der Waals surface area (Å²) in [5.41, 5.74) is 10.7. The molecule has 308 valence electrons. The molecule has 10 N–H and O–H groups in total. The number of carbonyl (C=O) groups excluding carboxylic acids is 2. The number of carbonyl (C=O) groups is 2. The van der Waals surface area contributed by atoms with Crippen molar-refractivity contribution in [2.75, 3.05) is 26.3 Å². The van der Waals surface area contributed by atoms with Gasteiger partial charge < -0.3 is 21.7 Å². The van der Waals surface area contributed by atoms with E-state index in [9.17, 15) is 20.0 Å². The van der Waals surface area contributed by atoms with Crippen LogP contribution in [0.1, 0.15) is 181 Å². The maximum Gasteiger partial charge on any atom is 0.394 e. The molecule has 51 heavy (non-hydrogen) atoms. The van der Waals surface area contributed by atoms with Gasteiger partial charge in [-0.3, -0.25) is 29.1 Å². The van der Waals surface area contributed by atoms with Gasteiger partial charge in [-0.1, -0.05) is 168 Å². The molecule has 0 saturated heterocycles. The lowest BCUT2D eigenvalue weighted by molar-refractivity contribution is -0.168. The van der Waals surface area contributed by atoms with Crippen LogP contribution in [-0.2, 0) is 20.0 Å². The van der Waals surface area contributed by atoms with Crippen LogP contribution in [0.2, 0.25) is 0 Å². The molecule has 14 nitrogen and oxygen atoms in total. The summed E-state index contributed by atoms with van der Waals surface area (Å²) >= 11 is 0. The minimum absolute atomic E-state index is 0.296. The summed E-state index contributed by atoms with van der Waals surface area (Å²) in [7, 11) is -4.67. The van der Waals surface area contributed by atoms with Crippen molar-refractivity contribution in [3.05, 3.63) is 0 Å². The quantitative estimate of drug-likeness (QED) is 0.0157. The molecule has 2 amide bonds. The van der Waals surface area contributed by atoms with Gasteiger partial charge in [0.05, 0.1) is 13.2 Å². The molecule has 0 rings (SSSR count). The minimum atomic E-state index is -4.67. The molecule has 0 bridgehead atoms. The fraction of sp³-hybridized carbons (Fsp3) is 0.944. The molecule has 0 aromatic rings. The minimum Gasteiger partial charge on any atom is -0.394 e. The van der Waals surface area contributed by atoms with E-state index in [1.165, 1.54) is 128 Å². The Labute approximate surface area is 310 Å². The van der Waals surface area contributed by atoms with E-state index in [2.05, 4.69) is 13.8 Å². The highest BCUT2D eigenvalue weighted by Gasteiger charge is 2.19. The molecule has 0 radical (unpaired) electrons. The largest absolute Gasteiger partial charge is 0.394 e. The zero-order valence-electron chi connectivity index (χ0n) is 32.1. The Hall–Kier alpha value is -1.43. The second-order valence-corrected chi connectivity index (χ2v) is 14.3. The van der Waals surface area contributed by atoms with E-state index < -0.39 is 47.5 Å². The number of amides is 2. The standard InChI is InChI=1S/2C18H38N2O3.H2O4S/c2*1-2-3-4-5-6-7-8-9-10-11-12-13-14-15-20(23)18(22)17(19)16-21;1-5(2,3)4/h2*17,21,23H,2-16,19H2,1H3;(H2,1,2,3,4)/t2*17-;/m00./s1. The van der Waals surface area contributed by atoms with Crippen LogP contribution in [0.4, 0.5) is 0 Å². The lowest BCUT2D eigenvalue weighted by Crippen LogP contribution is -2.44. The smallest absolute Gasteiger partial charge is 0.394 e. The van der Waals surface area contributed by atoms with Gasteiger partial charge in [-0.05, 0) is 12.8 Å². The molecule has 2 atom stereocenters. The highest BCUT2D eigenvalue weighted by atomic mass is 32.3. The van der Waals surface area contributed by atoms with Crippen LogP contribution in [0.5, 0.6) is 0 Å². The molecular weight excluding hydrogens is 680 g/mol. The molecule has 0 saturated carbocycles. The summed E-state index contributed by atoms with van der Waals surface area (Å²) in [6, 6.07) is -2.02. The van der Waals surface area contributed by atoms with Crippen molar-refractivity contribution in [2.45, 2.75) is 193 Å². The van der Waals surface area contributed by atoms with Crippen molar-refractivity contribution in [3.63, 3.8) is 0 Å². The molecule has 0 aromatic carbocycles. The third-order valence-corrected chi connectivity index (χ3v) is 8.48. The van der Waals surface area contributed by atoms with Crippen molar-refractivity contribution in [3.8, 4) is 0 Å². The van der Waals surface area contributed by atoms with E-state index in [1.54, 1.807) is 0 Å². The average Bonchev–Trinajstić information content (AvgIpc) is 3.10. The predicted octanol–water partition coefficient (Wildman–Crippen LogP) is 6.58. The normalized spacial score (nSPS) is 12.3. The average molecular weight is 759 g/mol. The first-order valence-corrected chi connectivity index (χ1v) is 21.1. The maximum absolute atomic E-state index is 11.4. The van der Waals surface area contributed by atoms with Crippen LogP contribution >= 0.6 is 0 Å². The molecule has 0 aliphatic carbocycles. The summed E-state index contributed by atoms with van der Waals surface area (Å²) in [6.07, 6.45) is 32.7. The summed E-state index contributed by atoms with van der Waals surface area (Å²) in [5.74, 6) is -1.21. The first-order chi connectivity index (χ1) is 24.3. The molecule has 15 heteroatoms. The van der Waals surface area contributed by atoms with Gasteiger partial charge in [0.2, 0.25) is 0 Å². The van der Waals surface area contributed by atoms with Gasteiger partial charge in [0.15, 0.2) is 0 Å². The summed E-state index contributed by atoms with van der Waals surface area (Å²) in [6.45, 7) is 4.22. The van der Waals surface area contributed by atoms with Gasteiger partial charge in [-0.25, -0.2) is 10.1 Å². The molecule has 0 aliphatic rings. The van der Waals surface area contributed by atoms with E-state index in [4.69, 9.17) is 39.2 Å². The number of hydrogen-bond donors (Lipinski definition) is 8. The SMILES string of the molecule is CCCCCCCCCCCCCCCN(O)C(=O)[C@@H](N)CO.CCCCCCCCCCCCCCCN(O)C(=O)[C@@H](N)CO.O=S(=O)(O)O. The van der Waals surface area contributed by atoms with Gasteiger partial charge in [0, 0.05) is 13.1 Å². The van der Waals surface area contributed by atoms with E-state index in [0.29, 0.717) is 23.2 Å². The zero-order chi connectivity index (χ0) is 39.2. The van der Waals surface area contributed by atoms with Crippen LogP contribution in [-0.4, -0.2) is 98.5 Å². The lowest BCUT2D eigenvalue weighted by atomic mass is 10.0. The summed E-state index contributed by atoms with van der Waals surface area (Å²) in [5, 5.41) is 37.8. The third kappa shape index (κ3) is 44.7. The highest BCUT2D eigenvalue weighted by Crippen LogP contribution is 2.14. The van der Waals surface area contributed by atoms with Gasteiger partial charge in [-0.15, -0.1) is 0 Å². The molecule has 0 unspecified atom stereocenters. The number of aliphatic hydroxyl groups excluding tert-OH is 2. The summed E-state index contributed by atoms with van der Waals surface area (Å²) in [4.78, 5) is 22.8. The topological polar surface area (TPSA) is 248 Å². The number of hydrogen-bond acceptors (Lipinski definition) is 10. The summed E-state index contributed by atoms with van der Waals surface area (Å²) < 4.78 is 31.6. The Kier molecular flexibility index (Phi) is 42.0. The number of nitrogens with zero attached hydrogens (tertiary/aromatic N) is 2. The first kappa shape index (κ1) is 53.9. The first-order valence-electron chi connectivity index (χ1n) is 19.7. The molecule has 0 fully saturated rings. The van der Waals surface area contributed by atoms with E-state index >= 15 is 0 Å². The Morgan fingerprint density at radius 1 is 0.471 bits per heavy atom. The monoisotopic (exact) mass is 759 g/mol. The highest BCUT2D eigenvalue weighted by molar-refractivity contribution is 7.79. The fourth-order valence-corrected chi connectivity index (χ4v) is 5.32. The Morgan fingerprint density at radius 2 is 0.647 bits per heavy atom. The number of unbranched alkanes of at least 4 members (excludes halogenated alkanes) is 24. The van der Waals surface area contributed by atoms with Crippen molar-refractivity contribution in [1.82, 2.24) is 10.1 Å². The molecule has 0 spiro atoms. The Morgan fingerprint density at radius 3 is 0.824 bits per heavy atom. The Balaban J connectivity index is -0.000000796. The van der Waals surface area contributed by atoms with Gasteiger partial charge >= 0.3 is 10.4 Å². The Bertz CT molecular complexity index is 809. The van der Waals surface area contributed by atoms with E-state index in [0.717, 1.165) is 38.5 Å². The van der Waals surface area contributed by atoms with Crippen molar-refractivity contribution in [1.29, 1.82) is 0 Å². The second-order valence-electron chi connectivity index (χ2n) is 13.4. The van der Waals surface area contributed by atoms with Gasteiger partial charge in [0.25, 0.3) is 11.8 Å². The molecular formula is C36H78N4O10S. The van der Waals surface area contributed by atoms with E-state index in [1.807, 2.05) is 0 Å². The number of rotatable bonds is 32. The molecule has 0 aromatic heterocycles. The van der Waals surface area contributed by atoms with Crippen LogP contribution in [0.3, 0.4) is 0 Å². The lowest BCUT2D eigenvalue weighted by Gasteiger charge is -2.17. The number of hydroxylamine groups is 4. The zero-order valence-corrected chi connectivity index (χ0v) is 33.0. The van der Waals surface area contributed by atoms with Gasteiger partial charge in [-0.2, -0.15) is 8.42 Å². The van der Waals surface area contributed by atoms with Crippen molar-refractivity contribution in [2.24, 2.45) is 11.5 Å². The van der Waals surface area contributed by atoms with Crippen LogP contribution in [0.25, 0.3) is 0 Å². The van der Waals surface area contributed by atoms with E-state index in [-0.39, 0.29) is 0 Å². The van der Waals surface area contributed by atoms with Crippen molar-refractivity contribution < 1.29 is 47.7 Å². The fourth-order valence-electron chi connectivity index (χ4n) is 5.32. The number of nitrogens with two attached hydrogens (primary N) is 2. The van der Waals surface area contributed by atoms with Crippen LogP contribution in [0, 0.1) is 0 Å². The second kappa shape index (κ2) is 39.8.